The van der Waals surface area contributed by atoms with Crippen molar-refractivity contribution in [3.63, 3.8) is 0 Å². The second-order valence-electron chi connectivity index (χ2n) is 6.95. The summed E-state index contributed by atoms with van der Waals surface area (Å²) in [6.07, 6.45) is 11.7. The van der Waals surface area contributed by atoms with E-state index < -0.39 is 0 Å². The Hall–Kier alpha value is -0.0800. The van der Waals surface area contributed by atoms with Crippen molar-refractivity contribution >= 4 is 0 Å². The van der Waals surface area contributed by atoms with Gasteiger partial charge in [-0.2, -0.15) is 0 Å². The maximum Gasteiger partial charge on any atom is 0.0618 e. The van der Waals surface area contributed by atoms with Crippen LogP contribution in [-0.4, -0.2) is 25.8 Å². The summed E-state index contributed by atoms with van der Waals surface area (Å²) in [4.78, 5) is 0. The fraction of sp³-hybridized carbons (Fsp3) is 1.00. The van der Waals surface area contributed by atoms with Crippen LogP contribution in [0.2, 0.25) is 0 Å². The lowest BCUT2D eigenvalue weighted by molar-refractivity contribution is 0.116. The Kier molecular flexibility index (Phi) is 5.08. The van der Waals surface area contributed by atoms with Crippen LogP contribution in [-0.2, 0) is 4.74 Å². The predicted molar refractivity (Wildman–Crippen MR) is 76.8 cm³/mol. The molecule has 0 heterocycles. The molecule has 0 bridgehead atoms. The number of hydrogen-bond acceptors (Lipinski definition) is 2. The van der Waals surface area contributed by atoms with Gasteiger partial charge < -0.3 is 10.1 Å². The fourth-order valence-electron chi connectivity index (χ4n) is 3.94. The van der Waals surface area contributed by atoms with Gasteiger partial charge in [0.2, 0.25) is 0 Å². The largest absolute Gasteiger partial charge is 0.383 e. The summed E-state index contributed by atoms with van der Waals surface area (Å²) in [5, 5.41) is 3.84. The molecule has 2 aliphatic carbocycles. The van der Waals surface area contributed by atoms with Crippen LogP contribution in [0.4, 0.5) is 0 Å². The molecule has 0 saturated heterocycles. The first-order valence-electron chi connectivity index (χ1n) is 7.90. The second kappa shape index (κ2) is 6.38. The van der Waals surface area contributed by atoms with Gasteiger partial charge in [-0.15, -0.1) is 0 Å². The van der Waals surface area contributed by atoms with Crippen LogP contribution in [0.15, 0.2) is 0 Å². The normalized spacial score (nSPS) is 26.0. The number of hydrogen-bond donors (Lipinski definition) is 1. The van der Waals surface area contributed by atoms with Crippen LogP contribution in [0.25, 0.3) is 0 Å². The van der Waals surface area contributed by atoms with Crippen LogP contribution >= 0.6 is 0 Å². The molecular formula is C16H31NO. The van der Waals surface area contributed by atoms with Crippen molar-refractivity contribution in [2.24, 2.45) is 11.3 Å². The molecule has 0 aromatic heterocycles. The Balaban J connectivity index is 1.78. The highest BCUT2D eigenvalue weighted by Gasteiger charge is 2.37. The zero-order valence-corrected chi connectivity index (χ0v) is 12.5. The quantitative estimate of drug-likeness (QED) is 0.805. The number of methoxy groups -OCH3 is 1. The second-order valence-corrected chi connectivity index (χ2v) is 6.95. The molecule has 2 rings (SSSR count). The monoisotopic (exact) mass is 253 g/mol. The van der Waals surface area contributed by atoms with Gasteiger partial charge in [0.25, 0.3) is 0 Å². The Bertz CT molecular complexity index is 235. The lowest BCUT2D eigenvalue weighted by Gasteiger charge is -2.39. The van der Waals surface area contributed by atoms with Crippen molar-refractivity contribution in [2.75, 3.05) is 13.7 Å². The molecule has 2 heteroatoms. The summed E-state index contributed by atoms with van der Waals surface area (Å²) in [6, 6.07) is 1.26. The molecule has 1 unspecified atom stereocenters. The average Bonchev–Trinajstić information content (AvgIpc) is 2.80. The Morgan fingerprint density at radius 2 is 1.72 bits per heavy atom. The van der Waals surface area contributed by atoms with Crippen molar-refractivity contribution in [1.29, 1.82) is 0 Å². The number of nitrogens with one attached hydrogen (secondary N) is 1. The molecule has 0 radical (unpaired) electrons. The summed E-state index contributed by atoms with van der Waals surface area (Å²) in [6.45, 7) is 5.43. The van der Waals surface area contributed by atoms with Gasteiger partial charge in [0.15, 0.2) is 0 Å². The Labute approximate surface area is 113 Å². The van der Waals surface area contributed by atoms with Crippen molar-refractivity contribution in [2.45, 2.75) is 77.3 Å². The zero-order valence-electron chi connectivity index (χ0n) is 12.5. The molecule has 0 amide bonds. The Morgan fingerprint density at radius 1 is 1.11 bits per heavy atom. The molecule has 106 valence electrons. The smallest absolute Gasteiger partial charge is 0.0618 e. The van der Waals surface area contributed by atoms with E-state index in [9.17, 15) is 0 Å². The lowest BCUT2D eigenvalue weighted by Crippen LogP contribution is -2.46. The predicted octanol–water partition coefficient (Wildman–Crippen LogP) is 3.75. The van der Waals surface area contributed by atoms with Gasteiger partial charge in [0.05, 0.1) is 6.61 Å². The van der Waals surface area contributed by atoms with Crippen molar-refractivity contribution in [3.05, 3.63) is 0 Å². The third kappa shape index (κ3) is 3.48. The minimum atomic E-state index is 0.526. The summed E-state index contributed by atoms with van der Waals surface area (Å²) < 4.78 is 5.34. The van der Waals surface area contributed by atoms with Crippen molar-refractivity contribution in [1.82, 2.24) is 5.32 Å². The molecule has 2 aliphatic rings. The fourth-order valence-corrected chi connectivity index (χ4v) is 3.94. The number of rotatable bonds is 5. The van der Waals surface area contributed by atoms with E-state index in [-0.39, 0.29) is 0 Å². The molecule has 18 heavy (non-hydrogen) atoms. The minimum Gasteiger partial charge on any atom is -0.383 e. The van der Waals surface area contributed by atoms with Gasteiger partial charge in [0.1, 0.15) is 0 Å². The van der Waals surface area contributed by atoms with Crippen LogP contribution in [0.5, 0.6) is 0 Å². The average molecular weight is 253 g/mol. The van der Waals surface area contributed by atoms with E-state index in [2.05, 4.69) is 19.2 Å². The first kappa shape index (κ1) is 14.3. The molecular weight excluding hydrogens is 222 g/mol. The highest BCUT2D eigenvalue weighted by Crippen LogP contribution is 2.48. The first-order valence-corrected chi connectivity index (χ1v) is 7.90. The molecule has 0 aromatic rings. The first-order chi connectivity index (χ1) is 8.65. The van der Waals surface area contributed by atoms with Gasteiger partial charge in [-0.3, -0.25) is 0 Å². The van der Waals surface area contributed by atoms with Crippen LogP contribution < -0.4 is 5.32 Å². The molecule has 0 aromatic carbocycles. The molecule has 1 atom stereocenters. The van der Waals surface area contributed by atoms with Gasteiger partial charge in [-0.1, -0.05) is 26.7 Å². The van der Waals surface area contributed by atoms with Gasteiger partial charge in [-0.05, 0) is 49.9 Å². The summed E-state index contributed by atoms with van der Waals surface area (Å²) in [5.74, 6) is 0.660. The van der Waals surface area contributed by atoms with Crippen molar-refractivity contribution in [3.8, 4) is 0 Å². The maximum atomic E-state index is 5.34. The molecule has 2 saturated carbocycles. The van der Waals surface area contributed by atoms with Crippen LogP contribution in [0.3, 0.4) is 0 Å². The van der Waals surface area contributed by atoms with E-state index in [0.717, 1.165) is 18.1 Å². The third-order valence-electron chi connectivity index (χ3n) is 5.31. The van der Waals surface area contributed by atoms with E-state index >= 15 is 0 Å². The van der Waals surface area contributed by atoms with Gasteiger partial charge in [-0.25, -0.2) is 0 Å². The van der Waals surface area contributed by atoms with Crippen LogP contribution in [0.1, 0.15) is 65.2 Å². The Morgan fingerprint density at radius 3 is 2.22 bits per heavy atom. The maximum absolute atomic E-state index is 5.34. The summed E-state index contributed by atoms with van der Waals surface area (Å²) in [5.41, 5.74) is 0.757. The van der Waals surface area contributed by atoms with E-state index in [1.807, 2.05) is 7.11 Å². The summed E-state index contributed by atoms with van der Waals surface area (Å²) >= 11 is 0. The summed E-state index contributed by atoms with van der Waals surface area (Å²) in [7, 11) is 1.81. The van der Waals surface area contributed by atoms with E-state index in [1.165, 1.54) is 51.4 Å². The zero-order chi connectivity index (χ0) is 13.0. The van der Waals surface area contributed by atoms with E-state index in [4.69, 9.17) is 4.74 Å². The highest BCUT2D eigenvalue weighted by molar-refractivity contribution is 4.92. The van der Waals surface area contributed by atoms with Crippen LogP contribution in [0, 0.1) is 11.3 Å². The molecule has 2 nitrogen and oxygen atoms in total. The minimum absolute atomic E-state index is 0.526. The molecule has 1 spiro atoms. The third-order valence-corrected chi connectivity index (χ3v) is 5.31. The lowest BCUT2D eigenvalue weighted by atomic mass is 9.71. The molecule has 2 fully saturated rings. The van der Waals surface area contributed by atoms with E-state index in [1.54, 1.807) is 0 Å². The van der Waals surface area contributed by atoms with Gasteiger partial charge in [0, 0.05) is 19.2 Å². The standard InChI is InChI=1S/C16H31NO/c1-13(2)15(12-18-3)17-14-6-10-16(11-7-14)8-4-5-9-16/h13-15,17H,4-12H2,1-3H3. The SMILES string of the molecule is COCC(NC1CCC2(CCCC2)CC1)C(C)C. The van der Waals surface area contributed by atoms with Crippen molar-refractivity contribution < 1.29 is 4.74 Å². The molecule has 1 N–H and O–H groups in total. The molecule has 0 aliphatic heterocycles. The van der Waals surface area contributed by atoms with Gasteiger partial charge >= 0.3 is 0 Å². The van der Waals surface area contributed by atoms with E-state index in [0.29, 0.717) is 12.0 Å². The highest BCUT2D eigenvalue weighted by atomic mass is 16.5. The topological polar surface area (TPSA) is 21.3 Å². The number of ether oxygens (including phenoxy) is 1.